The first-order chi connectivity index (χ1) is 8.09. The molecule has 2 rings (SSSR count). The Balaban J connectivity index is 2.33. The summed E-state index contributed by atoms with van der Waals surface area (Å²) in [7, 11) is 2.14. The lowest BCUT2D eigenvalue weighted by Crippen LogP contribution is -2.45. The summed E-state index contributed by atoms with van der Waals surface area (Å²) in [4.78, 5) is 4.66. The number of likely N-dealkylation sites (N-methyl/N-ethyl adjacent to an activating group) is 1. The molecule has 1 aliphatic heterocycles. The number of aryl methyl sites for hydroxylation is 1. The van der Waals surface area contributed by atoms with Gasteiger partial charge in [-0.25, -0.2) is 0 Å². The molecule has 0 bridgehead atoms. The second kappa shape index (κ2) is 4.75. The number of piperazine rings is 1. The van der Waals surface area contributed by atoms with Crippen LogP contribution in [0.2, 0.25) is 0 Å². The zero-order valence-corrected chi connectivity index (χ0v) is 10.5. The average molecular weight is 232 g/mol. The summed E-state index contributed by atoms with van der Waals surface area (Å²) in [5.41, 5.74) is 8.85. The Morgan fingerprint density at radius 3 is 2.47 bits per heavy atom. The molecule has 0 saturated carbocycles. The molecule has 1 fully saturated rings. The third kappa shape index (κ3) is 2.42. The maximum absolute atomic E-state index is 7.67. The van der Waals surface area contributed by atoms with Crippen LogP contribution < -0.4 is 10.6 Å². The summed E-state index contributed by atoms with van der Waals surface area (Å²) < 4.78 is 0. The Hall–Kier alpha value is -1.55. The highest BCUT2D eigenvalue weighted by molar-refractivity contribution is 6.01. The molecule has 0 aliphatic carbocycles. The number of anilines is 1. The van der Waals surface area contributed by atoms with Gasteiger partial charge in [0, 0.05) is 31.7 Å². The van der Waals surface area contributed by atoms with Crippen LogP contribution in [0.1, 0.15) is 11.1 Å². The van der Waals surface area contributed by atoms with Crippen molar-refractivity contribution >= 4 is 11.5 Å². The van der Waals surface area contributed by atoms with E-state index in [0.717, 1.165) is 37.4 Å². The minimum atomic E-state index is 0.155. The zero-order chi connectivity index (χ0) is 12.4. The van der Waals surface area contributed by atoms with Crippen LogP contribution in [-0.2, 0) is 0 Å². The number of hydrogen-bond acceptors (Lipinski definition) is 3. The second-order valence-electron chi connectivity index (χ2n) is 4.68. The molecule has 0 spiro atoms. The van der Waals surface area contributed by atoms with Crippen molar-refractivity contribution in [3.63, 3.8) is 0 Å². The highest BCUT2D eigenvalue weighted by Gasteiger charge is 2.19. The monoisotopic (exact) mass is 232 g/mol. The first-order valence-electron chi connectivity index (χ1n) is 5.97. The molecule has 1 aromatic carbocycles. The van der Waals surface area contributed by atoms with Crippen molar-refractivity contribution in [2.24, 2.45) is 5.73 Å². The maximum atomic E-state index is 7.67. The summed E-state index contributed by atoms with van der Waals surface area (Å²) in [6.45, 7) is 6.21. The van der Waals surface area contributed by atoms with Crippen LogP contribution in [0.25, 0.3) is 0 Å². The molecule has 3 N–H and O–H groups in total. The summed E-state index contributed by atoms with van der Waals surface area (Å²) >= 11 is 0. The molecule has 1 saturated heterocycles. The highest BCUT2D eigenvalue weighted by atomic mass is 15.2. The Bertz CT molecular complexity index is 419. The van der Waals surface area contributed by atoms with E-state index in [2.05, 4.69) is 29.8 Å². The van der Waals surface area contributed by atoms with E-state index < -0.39 is 0 Å². The highest BCUT2D eigenvalue weighted by Crippen LogP contribution is 2.25. The Morgan fingerprint density at radius 2 is 1.88 bits per heavy atom. The quantitative estimate of drug-likeness (QED) is 0.591. The molecule has 1 aliphatic rings. The van der Waals surface area contributed by atoms with E-state index in [4.69, 9.17) is 11.1 Å². The molecule has 17 heavy (non-hydrogen) atoms. The predicted octanol–water partition coefficient (Wildman–Crippen LogP) is 1.03. The summed E-state index contributed by atoms with van der Waals surface area (Å²) in [6, 6.07) is 5.98. The number of benzene rings is 1. The van der Waals surface area contributed by atoms with Gasteiger partial charge in [0.25, 0.3) is 0 Å². The molecular weight excluding hydrogens is 212 g/mol. The number of nitrogens with two attached hydrogens (primary N) is 1. The third-order valence-corrected chi connectivity index (χ3v) is 3.35. The van der Waals surface area contributed by atoms with E-state index >= 15 is 0 Å². The van der Waals surface area contributed by atoms with Gasteiger partial charge in [0.1, 0.15) is 5.84 Å². The molecule has 0 aromatic heterocycles. The number of amidine groups is 1. The molecule has 1 aromatic rings. The fourth-order valence-corrected chi connectivity index (χ4v) is 2.33. The maximum Gasteiger partial charge on any atom is 0.124 e. The van der Waals surface area contributed by atoms with Crippen molar-refractivity contribution in [1.29, 1.82) is 5.41 Å². The van der Waals surface area contributed by atoms with E-state index in [9.17, 15) is 0 Å². The fourth-order valence-electron chi connectivity index (χ4n) is 2.33. The minimum Gasteiger partial charge on any atom is -0.384 e. The van der Waals surface area contributed by atoms with Gasteiger partial charge < -0.3 is 15.5 Å². The smallest absolute Gasteiger partial charge is 0.124 e. The van der Waals surface area contributed by atoms with Gasteiger partial charge in [-0.05, 0) is 25.6 Å². The van der Waals surface area contributed by atoms with Gasteiger partial charge in [-0.2, -0.15) is 0 Å². The number of rotatable bonds is 2. The molecule has 0 radical (unpaired) electrons. The molecule has 4 nitrogen and oxygen atoms in total. The van der Waals surface area contributed by atoms with Crippen LogP contribution in [-0.4, -0.2) is 44.0 Å². The topological polar surface area (TPSA) is 56.4 Å². The number of para-hydroxylation sites is 1. The van der Waals surface area contributed by atoms with E-state index in [1.54, 1.807) is 0 Å². The molecule has 0 atom stereocenters. The molecular formula is C13H20N4. The van der Waals surface area contributed by atoms with Crippen molar-refractivity contribution in [1.82, 2.24) is 4.90 Å². The van der Waals surface area contributed by atoms with Gasteiger partial charge in [-0.1, -0.05) is 12.1 Å². The Labute approximate surface area is 103 Å². The third-order valence-electron chi connectivity index (χ3n) is 3.35. The van der Waals surface area contributed by atoms with Gasteiger partial charge in [0.2, 0.25) is 0 Å². The van der Waals surface area contributed by atoms with Crippen molar-refractivity contribution in [3.05, 3.63) is 29.3 Å². The lowest BCUT2D eigenvalue weighted by Gasteiger charge is -2.36. The molecule has 1 heterocycles. The lowest BCUT2D eigenvalue weighted by atomic mass is 10.1. The van der Waals surface area contributed by atoms with Crippen LogP contribution in [0.15, 0.2) is 18.2 Å². The standard InChI is InChI=1S/C13H20N4/c1-10-4-3-5-11(13(14)15)12(10)17-8-6-16(2)7-9-17/h3-5H,6-9H2,1-2H3,(H3,14,15). The first kappa shape index (κ1) is 11.9. The molecule has 92 valence electrons. The van der Waals surface area contributed by atoms with E-state index in [1.807, 2.05) is 12.1 Å². The van der Waals surface area contributed by atoms with Crippen molar-refractivity contribution < 1.29 is 0 Å². The summed E-state index contributed by atoms with van der Waals surface area (Å²) in [5.74, 6) is 0.155. The zero-order valence-electron chi connectivity index (χ0n) is 10.5. The van der Waals surface area contributed by atoms with Crippen molar-refractivity contribution in [3.8, 4) is 0 Å². The largest absolute Gasteiger partial charge is 0.384 e. The van der Waals surface area contributed by atoms with Crippen LogP contribution >= 0.6 is 0 Å². The number of nitrogens with zero attached hydrogens (tertiary/aromatic N) is 2. The van der Waals surface area contributed by atoms with Crippen molar-refractivity contribution in [2.75, 3.05) is 38.1 Å². The van der Waals surface area contributed by atoms with Gasteiger partial charge >= 0.3 is 0 Å². The summed E-state index contributed by atoms with van der Waals surface area (Å²) in [5, 5.41) is 7.67. The van der Waals surface area contributed by atoms with Crippen LogP contribution in [0.3, 0.4) is 0 Å². The molecule has 0 amide bonds. The molecule has 4 heteroatoms. The van der Waals surface area contributed by atoms with E-state index in [1.165, 1.54) is 5.56 Å². The van der Waals surface area contributed by atoms with Gasteiger partial charge in [0.15, 0.2) is 0 Å². The van der Waals surface area contributed by atoms with E-state index in [0.29, 0.717) is 0 Å². The van der Waals surface area contributed by atoms with Gasteiger partial charge in [-0.15, -0.1) is 0 Å². The van der Waals surface area contributed by atoms with Crippen LogP contribution in [0.5, 0.6) is 0 Å². The number of nitrogens with one attached hydrogen (secondary N) is 1. The first-order valence-corrected chi connectivity index (χ1v) is 5.97. The lowest BCUT2D eigenvalue weighted by molar-refractivity contribution is 0.312. The Morgan fingerprint density at radius 1 is 1.24 bits per heavy atom. The number of hydrogen-bond donors (Lipinski definition) is 2. The SMILES string of the molecule is Cc1cccc(C(=N)N)c1N1CCN(C)CC1. The summed E-state index contributed by atoms with van der Waals surface area (Å²) in [6.07, 6.45) is 0. The minimum absolute atomic E-state index is 0.155. The van der Waals surface area contributed by atoms with Gasteiger partial charge in [0.05, 0.1) is 5.69 Å². The van der Waals surface area contributed by atoms with Crippen LogP contribution in [0.4, 0.5) is 5.69 Å². The molecule has 0 unspecified atom stereocenters. The average Bonchev–Trinajstić information content (AvgIpc) is 2.30. The van der Waals surface area contributed by atoms with Gasteiger partial charge in [-0.3, -0.25) is 5.41 Å². The number of nitrogen functional groups attached to an aromatic ring is 1. The Kier molecular flexibility index (Phi) is 3.33. The normalized spacial score (nSPS) is 17.2. The predicted molar refractivity (Wildman–Crippen MR) is 71.9 cm³/mol. The van der Waals surface area contributed by atoms with E-state index in [-0.39, 0.29) is 5.84 Å². The second-order valence-corrected chi connectivity index (χ2v) is 4.68. The van der Waals surface area contributed by atoms with Crippen molar-refractivity contribution in [2.45, 2.75) is 6.92 Å². The van der Waals surface area contributed by atoms with Crippen LogP contribution in [0, 0.1) is 12.3 Å². The fraction of sp³-hybridized carbons (Fsp3) is 0.462.